The molecule has 0 radical (unpaired) electrons. The van der Waals surface area contributed by atoms with Gasteiger partial charge in [-0.25, -0.2) is 0 Å². The lowest BCUT2D eigenvalue weighted by Gasteiger charge is -2.21. The molecule has 1 aromatic carbocycles. The molecule has 1 heterocycles. The summed E-state index contributed by atoms with van der Waals surface area (Å²) in [6.45, 7) is 2.04. The molecular weight excluding hydrogens is 268 g/mol. The van der Waals surface area contributed by atoms with Gasteiger partial charge < -0.3 is 9.64 Å². The first-order valence-electron chi connectivity index (χ1n) is 6.71. The summed E-state index contributed by atoms with van der Waals surface area (Å²) < 4.78 is 4.68. The number of ether oxygens (including phenoxy) is 1. The normalized spacial score (nSPS) is 12.0. The fourth-order valence-corrected chi connectivity index (χ4v) is 2.26. The van der Waals surface area contributed by atoms with Crippen molar-refractivity contribution in [3.05, 3.63) is 42.1 Å². The summed E-state index contributed by atoms with van der Waals surface area (Å²) in [7, 11) is 3.02. The number of nitrogens with zero attached hydrogens (tertiary/aromatic N) is 2. The fourth-order valence-electron chi connectivity index (χ4n) is 2.26. The highest BCUT2D eigenvalue weighted by molar-refractivity contribution is 6.06. The molecule has 5 heteroatoms. The molecule has 1 aromatic heterocycles. The average molecular weight is 286 g/mol. The number of amides is 1. The highest BCUT2D eigenvalue weighted by Gasteiger charge is 2.20. The Hall–Kier alpha value is -2.43. The molecule has 1 unspecified atom stereocenters. The zero-order chi connectivity index (χ0) is 15.4. The maximum absolute atomic E-state index is 12.6. The Bertz CT molecular complexity index is 664. The van der Waals surface area contributed by atoms with Gasteiger partial charge >= 0.3 is 5.97 Å². The molecule has 0 saturated carbocycles. The van der Waals surface area contributed by atoms with Crippen molar-refractivity contribution in [2.75, 3.05) is 20.7 Å². The quantitative estimate of drug-likeness (QED) is 0.808. The van der Waals surface area contributed by atoms with E-state index in [1.165, 1.54) is 12.0 Å². The number of fused-ring (bicyclic) bond motifs is 1. The Morgan fingerprint density at radius 1 is 1.29 bits per heavy atom. The number of hydrogen-bond acceptors (Lipinski definition) is 4. The molecule has 0 bridgehead atoms. The van der Waals surface area contributed by atoms with Gasteiger partial charge in [-0.15, -0.1) is 0 Å². The van der Waals surface area contributed by atoms with Gasteiger partial charge in [0.2, 0.25) is 0 Å². The number of pyridine rings is 1. The molecule has 0 spiro atoms. The van der Waals surface area contributed by atoms with Gasteiger partial charge in [0, 0.05) is 30.7 Å². The standard InChI is InChI=1S/C16H18N2O3/c1-11(16(20)21-3)10-18(2)15(19)13-6-4-8-14-12(13)7-5-9-17-14/h4-9,11H,10H2,1-3H3. The Labute approximate surface area is 123 Å². The van der Waals surface area contributed by atoms with E-state index in [1.807, 2.05) is 12.1 Å². The van der Waals surface area contributed by atoms with E-state index in [2.05, 4.69) is 9.72 Å². The molecule has 1 atom stereocenters. The number of benzene rings is 1. The summed E-state index contributed by atoms with van der Waals surface area (Å²) >= 11 is 0. The molecule has 0 N–H and O–H groups in total. The van der Waals surface area contributed by atoms with Crippen LogP contribution in [0.5, 0.6) is 0 Å². The maximum Gasteiger partial charge on any atom is 0.310 e. The van der Waals surface area contributed by atoms with Crippen molar-refractivity contribution >= 4 is 22.8 Å². The molecule has 2 aromatic rings. The minimum atomic E-state index is -0.364. The number of hydrogen-bond donors (Lipinski definition) is 0. The number of carbonyl (C=O) groups is 2. The third-order valence-electron chi connectivity index (χ3n) is 3.37. The number of carbonyl (C=O) groups excluding carboxylic acids is 2. The topological polar surface area (TPSA) is 59.5 Å². The van der Waals surface area contributed by atoms with Gasteiger partial charge in [-0.3, -0.25) is 14.6 Å². The van der Waals surface area contributed by atoms with Crippen molar-refractivity contribution in [1.29, 1.82) is 0 Å². The van der Waals surface area contributed by atoms with Gasteiger partial charge in [0.25, 0.3) is 5.91 Å². The summed E-state index contributed by atoms with van der Waals surface area (Å²) in [6.07, 6.45) is 1.69. The number of aromatic nitrogens is 1. The van der Waals surface area contributed by atoms with E-state index in [0.717, 1.165) is 10.9 Å². The van der Waals surface area contributed by atoms with Crippen molar-refractivity contribution in [1.82, 2.24) is 9.88 Å². The lowest BCUT2D eigenvalue weighted by Crippen LogP contribution is -2.34. The molecule has 110 valence electrons. The molecule has 0 aliphatic heterocycles. The van der Waals surface area contributed by atoms with Crippen LogP contribution in [0.2, 0.25) is 0 Å². The van der Waals surface area contributed by atoms with Gasteiger partial charge in [-0.05, 0) is 18.2 Å². The monoisotopic (exact) mass is 286 g/mol. The Morgan fingerprint density at radius 3 is 2.76 bits per heavy atom. The summed E-state index contributed by atoms with van der Waals surface area (Å²) in [5.41, 5.74) is 1.36. The predicted octanol–water partition coefficient (Wildman–Crippen LogP) is 2.12. The van der Waals surface area contributed by atoms with Crippen LogP contribution in [0.4, 0.5) is 0 Å². The first-order valence-corrected chi connectivity index (χ1v) is 6.71. The van der Waals surface area contributed by atoms with Gasteiger partial charge in [0.1, 0.15) is 0 Å². The lowest BCUT2D eigenvalue weighted by atomic mass is 10.1. The van der Waals surface area contributed by atoms with Crippen molar-refractivity contribution < 1.29 is 14.3 Å². The van der Waals surface area contributed by atoms with Crippen LogP contribution in [-0.4, -0.2) is 42.5 Å². The molecule has 21 heavy (non-hydrogen) atoms. The first-order chi connectivity index (χ1) is 10.0. The van der Waals surface area contributed by atoms with Crippen LogP contribution < -0.4 is 0 Å². The molecule has 0 saturated heterocycles. The minimum Gasteiger partial charge on any atom is -0.469 e. The fraction of sp³-hybridized carbons (Fsp3) is 0.312. The summed E-state index contributed by atoms with van der Waals surface area (Å²) in [6, 6.07) is 9.11. The largest absolute Gasteiger partial charge is 0.469 e. The van der Waals surface area contributed by atoms with E-state index in [9.17, 15) is 9.59 Å². The van der Waals surface area contributed by atoms with Crippen LogP contribution >= 0.6 is 0 Å². The van der Waals surface area contributed by atoms with E-state index in [0.29, 0.717) is 12.1 Å². The molecular formula is C16H18N2O3. The molecule has 2 rings (SSSR count). The Morgan fingerprint density at radius 2 is 2.05 bits per heavy atom. The number of esters is 1. The Kier molecular flexibility index (Phi) is 4.52. The highest BCUT2D eigenvalue weighted by atomic mass is 16.5. The van der Waals surface area contributed by atoms with Crippen LogP contribution in [0.3, 0.4) is 0 Å². The molecule has 0 aliphatic carbocycles. The molecule has 0 aliphatic rings. The molecule has 1 amide bonds. The van der Waals surface area contributed by atoms with Crippen LogP contribution in [0.15, 0.2) is 36.5 Å². The number of rotatable bonds is 4. The molecule has 0 fully saturated rings. The van der Waals surface area contributed by atoms with E-state index in [4.69, 9.17) is 0 Å². The second kappa shape index (κ2) is 6.35. The minimum absolute atomic E-state index is 0.135. The summed E-state index contributed by atoms with van der Waals surface area (Å²) in [4.78, 5) is 29.8. The summed E-state index contributed by atoms with van der Waals surface area (Å²) in [5.74, 6) is -0.823. The Balaban J connectivity index is 2.24. The second-order valence-corrected chi connectivity index (χ2v) is 4.99. The first kappa shape index (κ1) is 15.0. The third kappa shape index (κ3) is 3.18. The third-order valence-corrected chi connectivity index (χ3v) is 3.37. The zero-order valence-corrected chi connectivity index (χ0v) is 12.4. The van der Waals surface area contributed by atoms with Crippen molar-refractivity contribution in [2.24, 2.45) is 5.92 Å². The van der Waals surface area contributed by atoms with E-state index >= 15 is 0 Å². The summed E-state index contributed by atoms with van der Waals surface area (Å²) in [5, 5.41) is 0.808. The van der Waals surface area contributed by atoms with Crippen LogP contribution in [-0.2, 0) is 9.53 Å². The zero-order valence-electron chi connectivity index (χ0n) is 12.4. The van der Waals surface area contributed by atoms with Gasteiger partial charge in [0.05, 0.1) is 18.5 Å². The average Bonchev–Trinajstić information content (AvgIpc) is 2.52. The smallest absolute Gasteiger partial charge is 0.310 e. The van der Waals surface area contributed by atoms with Crippen molar-refractivity contribution in [3.8, 4) is 0 Å². The van der Waals surface area contributed by atoms with E-state index in [-0.39, 0.29) is 17.8 Å². The highest BCUT2D eigenvalue weighted by Crippen LogP contribution is 2.18. The van der Waals surface area contributed by atoms with E-state index in [1.54, 1.807) is 38.4 Å². The van der Waals surface area contributed by atoms with Crippen molar-refractivity contribution in [2.45, 2.75) is 6.92 Å². The lowest BCUT2D eigenvalue weighted by molar-refractivity contribution is -0.145. The van der Waals surface area contributed by atoms with Gasteiger partial charge in [0.15, 0.2) is 0 Å². The van der Waals surface area contributed by atoms with Gasteiger partial charge in [-0.2, -0.15) is 0 Å². The maximum atomic E-state index is 12.6. The predicted molar refractivity (Wildman–Crippen MR) is 79.9 cm³/mol. The SMILES string of the molecule is COC(=O)C(C)CN(C)C(=O)c1cccc2ncccc12. The van der Waals surface area contributed by atoms with E-state index < -0.39 is 0 Å². The van der Waals surface area contributed by atoms with Gasteiger partial charge in [-0.1, -0.05) is 19.1 Å². The van der Waals surface area contributed by atoms with Crippen molar-refractivity contribution in [3.63, 3.8) is 0 Å². The molecule has 5 nitrogen and oxygen atoms in total. The van der Waals surface area contributed by atoms with Crippen LogP contribution in [0.1, 0.15) is 17.3 Å². The van der Waals surface area contributed by atoms with Crippen LogP contribution in [0.25, 0.3) is 10.9 Å². The number of methoxy groups -OCH3 is 1. The van der Waals surface area contributed by atoms with Crippen LogP contribution in [0, 0.1) is 5.92 Å². The second-order valence-electron chi connectivity index (χ2n) is 4.99.